The number of carbonyl (C=O) groups excluding carboxylic acids is 1. The molecule has 0 aliphatic rings. The van der Waals surface area contributed by atoms with Gasteiger partial charge in [-0.05, 0) is 24.3 Å². The number of Topliss-reactive ketones (excluding diaryl/α,β-unsaturated/α-hetero) is 1. The van der Waals surface area contributed by atoms with Crippen molar-refractivity contribution in [1.82, 2.24) is 0 Å². The van der Waals surface area contributed by atoms with Gasteiger partial charge in [0, 0.05) is 29.2 Å². The molecule has 0 unspecified atom stereocenters. The summed E-state index contributed by atoms with van der Waals surface area (Å²) in [5.74, 6) is 1.20. The highest BCUT2D eigenvalue weighted by Crippen LogP contribution is 2.23. The summed E-state index contributed by atoms with van der Waals surface area (Å²) in [6.45, 7) is 3.83. The van der Waals surface area contributed by atoms with Gasteiger partial charge in [0.05, 0.1) is 0 Å². The molecule has 0 N–H and O–H groups in total. The molecular weight excluding hydrogens is 236 g/mol. The number of hydrogen-bond donors (Lipinski definition) is 0. The third kappa shape index (κ3) is 2.89. The number of hydrogen-bond acceptors (Lipinski definition) is 2. The van der Waals surface area contributed by atoms with E-state index in [4.69, 9.17) is 16.0 Å². The summed E-state index contributed by atoms with van der Waals surface area (Å²) >= 11 is 5.90. The third-order valence-electron chi connectivity index (χ3n) is 2.79. The van der Waals surface area contributed by atoms with Crippen molar-refractivity contribution in [2.24, 2.45) is 5.92 Å². The number of furan rings is 1. The fourth-order valence-electron chi connectivity index (χ4n) is 1.73. The molecule has 1 aromatic carbocycles. The standard InChI is InChI=1S/C14H15ClO2/c1-9(2)13(16)5-4-12-8-10-7-11(15)3-6-14(10)17-12/h3,6-9H,4-5H2,1-2H3. The van der Waals surface area contributed by atoms with Crippen molar-refractivity contribution in [1.29, 1.82) is 0 Å². The van der Waals surface area contributed by atoms with Crippen LogP contribution < -0.4 is 0 Å². The summed E-state index contributed by atoms with van der Waals surface area (Å²) in [6.07, 6.45) is 1.19. The molecule has 3 heteroatoms. The predicted molar refractivity (Wildman–Crippen MR) is 69.4 cm³/mol. The second kappa shape index (κ2) is 4.92. The summed E-state index contributed by atoms with van der Waals surface area (Å²) in [6, 6.07) is 7.48. The molecule has 0 saturated carbocycles. The Morgan fingerprint density at radius 2 is 2.12 bits per heavy atom. The maximum Gasteiger partial charge on any atom is 0.135 e. The molecule has 0 spiro atoms. The van der Waals surface area contributed by atoms with E-state index in [2.05, 4.69) is 0 Å². The maximum atomic E-state index is 11.5. The summed E-state index contributed by atoms with van der Waals surface area (Å²) in [5, 5.41) is 1.69. The van der Waals surface area contributed by atoms with Gasteiger partial charge in [-0.15, -0.1) is 0 Å². The number of carbonyl (C=O) groups is 1. The number of benzene rings is 1. The number of fused-ring (bicyclic) bond motifs is 1. The van der Waals surface area contributed by atoms with Crippen molar-refractivity contribution in [3.05, 3.63) is 35.0 Å². The molecule has 2 nitrogen and oxygen atoms in total. The van der Waals surface area contributed by atoms with Gasteiger partial charge < -0.3 is 4.42 Å². The maximum absolute atomic E-state index is 11.5. The van der Waals surface area contributed by atoms with E-state index in [1.54, 1.807) is 6.07 Å². The highest BCUT2D eigenvalue weighted by molar-refractivity contribution is 6.31. The van der Waals surface area contributed by atoms with Crippen molar-refractivity contribution in [2.45, 2.75) is 26.7 Å². The smallest absolute Gasteiger partial charge is 0.135 e. The zero-order chi connectivity index (χ0) is 12.4. The monoisotopic (exact) mass is 250 g/mol. The first-order chi connectivity index (χ1) is 8.06. The molecule has 2 aromatic rings. The Hall–Kier alpha value is -1.28. The molecule has 2 rings (SSSR count). The molecule has 17 heavy (non-hydrogen) atoms. The normalized spacial score (nSPS) is 11.3. The highest BCUT2D eigenvalue weighted by Gasteiger charge is 2.10. The molecule has 0 fully saturated rings. The predicted octanol–water partition coefficient (Wildman–Crippen LogP) is 4.24. The molecule has 1 aromatic heterocycles. The van der Waals surface area contributed by atoms with Gasteiger partial charge >= 0.3 is 0 Å². The van der Waals surface area contributed by atoms with Crippen molar-refractivity contribution >= 4 is 28.4 Å². The fraction of sp³-hybridized carbons (Fsp3) is 0.357. The van der Waals surface area contributed by atoms with Crippen LogP contribution in [0.25, 0.3) is 11.0 Å². The molecule has 0 atom stereocenters. The molecule has 0 radical (unpaired) electrons. The van der Waals surface area contributed by atoms with E-state index in [0.29, 0.717) is 17.9 Å². The number of halogens is 1. The summed E-state index contributed by atoms with van der Waals surface area (Å²) in [4.78, 5) is 11.5. The van der Waals surface area contributed by atoms with Gasteiger partial charge in [-0.3, -0.25) is 4.79 Å². The summed E-state index contributed by atoms with van der Waals surface area (Å²) < 4.78 is 5.64. The minimum Gasteiger partial charge on any atom is -0.461 e. The molecule has 0 aliphatic carbocycles. The van der Waals surface area contributed by atoms with Crippen LogP contribution in [0.3, 0.4) is 0 Å². The molecule has 0 saturated heterocycles. The molecule has 0 amide bonds. The van der Waals surface area contributed by atoms with Crippen LogP contribution in [0.4, 0.5) is 0 Å². The van der Waals surface area contributed by atoms with Crippen LogP contribution in [0.15, 0.2) is 28.7 Å². The van der Waals surface area contributed by atoms with Crippen LogP contribution in [-0.2, 0) is 11.2 Å². The van der Waals surface area contributed by atoms with Gasteiger partial charge in [0.15, 0.2) is 0 Å². The van der Waals surface area contributed by atoms with Crippen LogP contribution in [0.5, 0.6) is 0 Å². The molecule has 0 aliphatic heterocycles. The Morgan fingerprint density at radius 3 is 2.82 bits per heavy atom. The average molecular weight is 251 g/mol. The fourth-order valence-corrected chi connectivity index (χ4v) is 1.91. The van der Waals surface area contributed by atoms with Gasteiger partial charge in [0.25, 0.3) is 0 Å². The van der Waals surface area contributed by atoms with Gasteiger partial charge in [0.2, 0.25) is 0 Å². The quantitative estimate of drug-likeness (QED) is 0.812. The van der Waals surface area contributed by atoms with Crippen LogP contribution in [-0.4, -0.2) is 5.78 Å². The van der Waals surface area contributed by atoms with Gasteiger partial charge in [-0.1, -0.05) is 25.4 Å². The zero-order valence-electron chi connectivity index (χ0n) is 10.00. The lowest BCUT2D eigenvalue weighted by molar-refractivity contribution is -0.121. The second-order valence-electron chi connectivity index (χ2n) is 4.52. The van der Waals surface area contributed by atoms with E-state index in [0.717, 1.165) is 16.7 Å². The minimum atomic E-state index is 0.0915. The van der Waals surface area contributed by atoms with E-state index in [1.165, 1.54) is 0 Å². The zero-order valence-corrected chi connectivity index (χ0v) is 10.8. The SMILES string of the molecule is CC(C)C(=O)CCc1cc2cc(Cl)ccc2o1. The van der Waals surface area contributed by atoms with Crippen molar-refractivity contribution in [3.63, 3.8) is 0 Å². The van der Waals surface area contributed by atoms with Crippen molar-refractivity contribution in [3.8, 4) is 0 Å². The van der Waals surface area contributed by atoms with Crippen LogP contribution >= 0.6 is 11.6 Å². The van der Waals surface area contributed by atoms with E-state index in [9.17, 15) is 4.79 Å². The van der Waals surface area contributed by atoms with Gasteiger partial charge in [0.1, 0.15) is 17.1 Å². The second-order valence-corrected chi connectivity index (χ2v) is 4.95. The highest BCUT2D eigenvalue weighted by atomic mass is 35.5. The number of aryl methyl sites for hydroxylation is 1. The van der Waals surface area contributed by atoms with E-state index < -0.39 is 0 Å². The largest absolute Gasteiger partial charge is 0.461 e. The Bertz CT molecular complexity index is 540. The lowest BCUT2D eigenvalue weighted by Gasteiger charge is -2.01. The first-order valence-corrected chi connectivity index (χ1v) is 6.15. The first-order valence-electron chi connectivity index (χ1n) is 5.77. The third-order valence-corrected chi connectivity index (χ3v) is 3.03. The molecular formula is C14H15ClO2. The lowest BCUT2D eigenvalue weighted by atomic mass is 10.0. The van der Waals surface area contributed by atoms with E-state index >= 15 is 0 Å². The topological polar surface area (TPSA) is 30.2 Å². The molecule has 1 heterocycles. The summed E-state index contributed by atoms with van der Waals surface area (Å²) in [7, 11) is 0. The Labute approximate surface area is 106 Å². The number of ketones is 1. The Kier molecular flexibility index (Phi) is 3.53. The lowest BCUT2D eigenvalue weighted by Crippen LogP contribution is -2.07. The van der Waals surface area contributed by atoms with E-state index in [-0.39, 0.29) is 11.7 Å². The van der Waals surface area contributed by atoms with Crippen molar-refractivity contribution < 1.29 is 9.21 Å². The average Bonchev–Trinajstić information content (AvgIpc) is 2.67. The minimum absolute atomic E-state index is 0.0915. The summed E-state index contributed by atoms with van der Waals surface area (Å²) in [5.41, 5.74) is 0.821. The van der Waals surface area contributed by atoms with Crippen LogP contribution in [0, 0.1) is 5.92 Å². The Balaban J connectivity index is 2.12. The van der Waals surface area contributed by atoms with Gasteiger partial charge in [-0.2, -0.15) is 0 Å². The van der Waals surface area contributed by atoms with Gasteiger partial charge in [-0.25, -0.2) is 0 Å². The first kappa shape index (κ1) is 12.2. The van der Waals surface area contributed by atoms with Crippen LogP contribution in [0.1, 0.15) is 26.0 Å². The van der Waals surface area contributed by atoms with E-state index in [1.807, 2.05) is 32.0 Å². The Morgan fingerprint density at radius 1 is 1.35 bits per heavy atom. The van der Waals surface area contributed by atoms with Crippen LogP contribution in [0.2, 0.25) is 5.02 Å². The molecule has 90 valence electrons. The number of rotatable bonds is 4. The molecule has 0 bridgehead atoms. The van der Waals surface area contributed by atoms with Crippen molar-refractivity contribution in [2.75, 3.05) is 0 Å².